The summed E-state index contributed by atoms with van der Waals surface area (Å²) in [5.41, 5.74) is 4.14. The first-order valence-corrected chi connectivity index (χ1v) is 14.6. The fourth-order valence-electron chi connectivity index (χ4n) is 4.50. The average molecular weight is 611 g/mol. The molecule has 222 valence electrons. The summed E-state index contributed by atoms with van der Waals surface area (Å²) in [5.74, 6) is -0.670. The van der Waals surface area contributed by atoms with Crippen LogP contribution in [0.15, 0.2) is 83.9 Å². The molecule has 0 fully saturated rings. The normalized spacial score (nSPS) is 11.9. The van der Waals surface area contributed by atoms with Crippen molar-refractivity contribution in [2.75, 3.05) is 20.4 Å². The van der Waals surface area contributed by atoms with Gasteiger partial charge in [-0.25, -0.2) is 13.1 Å². The molecule has 0 aliphatic rings. The Morgan fingerprint density at radius 3 is 2.23 bits per heavy atom. The van der Waals surface area contributed by atoms with Gasteiger partial charge in [-0.05, 0) is 59.7 Å². The molecular formula is C29H25F3N6O4S. The van der Waals surface area contributed by atoms with Gasteiger partial charge < -0.3 is 9.64 Å². The Kier molecular flexibility index (Phi) is 7.56. The number of alkyl halides is 3. The van der Waals surface area contributed by atoms with Crippen molar-refractivity contribution in [1.82, 2.24) is 29.7 Å². The van der Waals surface area contributed by atoms with Crippen molar-refractivity contribution in [1.29, 1.82) is 0 Å². The quantitative estimate of drug-likeness (QED) is 0.255. The molecule has 1 amide bonds. The van der Waals surface area contributed by atoms with E-state index >= 15 is 0 Å². The number of carbonyl (C=O) groups is 1. The molecule has 5 aromatic rings. The van der Waals surface area contributed by atoms with E-state index in [4.69, 9.17) is 0 Å². The summed E-state index contributed by atoms with van der Waals surface area (Å²) in [6.07, 6.45) is -2.24. The number of hydrogen-bond donors (Lipinski definition) is 0. The van der Waals surface area contributed by atoms with E-state index in [1.807, 2.05) is 0 Å². The minimum atomic E-state index is -4.83. The van der Waals surface area contributed by atoms with Crippen LogP contribution in [-0.2, 0) is 16.9 Å². The topological polar surface area (TPSA) is 112 Å². The summed E-state index contributed by atoms with van der Waals surface area (Å²) in [7, 11) is 1.46. The number of carbonyl (C=O) groups excluding carboxylic acids is 1. The third-order valence-electron chi connectivity index (χ3n) is 6.54. The summed E-state index contributed by atoms with van der Waals surface area (Å²) < 4.78 is 69.6. The first kappa shape index (κ1) is 29.5. The molecule has 0 N–H and O–H groups in total. The molecule has 0 aliphatic heterocycles. The predicted octanol–water partition coefficient (Wildman–Crippen LogP) is 5.01. The molecule has 5 rings (SSSR count). The van der Waals surface area contributed by atoms with Crippen LogP contribution in [0.1, 0.15) is 10.5 Å². The molecule has 14 heteroatoms. The van der Waals surface area contributed by atoms with Crippen LogP contribution in [-0.4, -0.2) is 70.7 Å². The number of amides is 1. The van der Waals surface area contributed by atoms with E-state index in [-0.39, 0.29) is 22.2 Å². The zero-order valence-corrected chi connectivity index (χ0v) is 24.2. The fraction of sp³-hybridized carbons (Fsp3) is 0.172. The van der Waals surface area contributed by atoms with Crippen molar-refractivity contribution in [2.45, 2.75) is 11.3 Å². The number of sulfone groups is 1. The molecule has 43 heavy (non-hydrogen) atoms. The molecule has 2 heterocycles. The average Bonchev–Trinajstić information content (AvgIpc) is 3.58. The van der Waals surface area contributed by atoms with Gasteiger partial charge in [-0.1, -0.05) is 29.5 Å². The maximum Gasteiger partial charge on any atom is 0.573 e. The third kappa shape index (κ3) is 6.28. The number of hydrogen-bond acceptors (Lipinski definition) is 7. The van der Waals surface area contributed by atoms with E-state index in [9.17, 15) is 26.4 Å². The molecule has 10 nitrogen and oxygen atoms in total. The molecule has 0 aliphatic carbocycles. The second-order valence-corrected chi connectivity index (χ2v) is 11.9. The standard InChI is InChI=1S/C29H25F3N6O4S/c1-36(2)28(39)24-16-25(37(3)34-24)23-13-10-20(19-6-5-7-22(14-19)43(4,40)41)15-26(23)38-27(17-33-35-38)18-8-11-21(12-9-18)42-29(30,31)32/h5-17H,1-4H3. The lowest BCUT2D eigenvalue weighted by atomic mass is 10.00. The van der Waals surface area contributed by atoms with E-state index in [1.165, 1.54) is 46.1 Å². The zero-order chi connectivity index (χ0) is 31.1. The van der Waals surface area contributed by atoms with Crippen LogP contribution >= 0.6 is 0 Å². The number of aromatic nitrogens is 5. The maximum atomic E-state index is 12.7. The largest absolute Gasteiger partial charge is 0.573 e. The van der Waals surface area contributed by atoms with E-state index in [1.54, 1.807) is 68.3 Å². The second-order valence-electron chi connectivity index (χ2n) is 9.87. The van der Waals surface area contributed by atoms with Crippen LogP contribution in [0.5, 0.6) is 5.75 Å². The van der Waals surface area contributed by atoms with Crippen molar-refractivity contribution in [2.24, 2.45) is 7.05 Å². The first-order chi connectivity index (χ1) is 20.2. The second kappa shape index (κ2) is 11.0. The van der Waals surface area contributed by atoms with E-state index in [0.717, 1.165) is 6.26 Å². The van der Waals surface area contributed by atoms with Crippen molar-refractivity contribution in [3.05, 3.63) is 84.7 Å². The third-order valence-corrected chi connectivity index (χ3v) is 7.65. The van der Waals surface area contributed by atoms with Gasteiger partial charge in [0, 0.05) is 38.5 Å². The molecule has 0 atom stereocenters. The molecule has 0 unspecified atom stereocenters. The summed E-state index contributed by atoms with van der Waals surface area (Å²) in [4.78, 5) is 14.2. The van der Waals surface area contributed by atoms with Gasteiger partial charge in [-0.3, -0.25) is 9.48 Å². The molecule has 3 aromatic carbocycles. The molecule has 0 bridgehead atoms. The van der Waals surface area contributed by atoms with Gasteiger partial charge in [-0.15, -0.1) is 18.3 Å². The number of benzene rings is 3. The molecule has 0 saturated heterocycles. The van der Waals surface area contributed by atoms with Gasteiger partial charge in [-0.2, -0.15) is 5.10 Å². The van der Waals surface area contributed by atoms with Gasteiger partial charge in [0.25, 0.3) is 5.91 Å². The molecular weight excluding hydrogens is 585 g/mol. The van der Waals surface area contributed by atoms with Crippen LogP contribution in [0.25, 0.3) is 39.3 Å². The molecule has 0 saturated carbocycles. The monoisotopic (exact) mass is 610 g/mol. The van der Waals surface area contributed by atoms with Crippen LogP contribution in [0.2, 0.25) is 0 Å². The summed E-state index contributed by atoms with van der Waals surface area (Å²) in [6.45, 7) is 0. The lowest BCUT2D eigenvalue weighted by Gasteiger charge is -2.15. The summed E-state index contributed by atoms with van der Waals surface area (Å²) in [6, 6.07) is 18.8. The van der Waals surface area contributed by atoms with Gasteiger partial charge in [0.1, 0.15) is 5.75 Å². The Labute approximate surface area is 244 Å². The number of aryl methyl sites for hydroxylation is 1. The maximum absolute atomic E-state index is 12.7. The highest BCUT2D eigenvalue weighted by atomic mass is 32.2. The highest BCUT2D eigenvalue weighted by molar-refractivity contribution is 7.90. The Bertz CT molecular complexity index is 1930. The minimum absolute atomic E-state index is 0.150. The lowest BCUT2D eigenvalue weighted by molar-refractivity contribution is -0.274. The number of rotatable bonds is 7. The van der Waals surface area contributed by atoms with Gasteiger partial charge >= 0.3 is 6.36 Å². The molecule has 0 radical (unpaired) electrons. The Morgan fingerprint density at radius 1 is 0.907 bits per heavy atom. The number of ether oxygens (including phenoxy) is 1. The summed E-state index contributed by atoms with van der Waals surface area (Å²) >= 11 is 0. The van der Waals surface area contributed by atoms with Gasteiger partial charge in [0.05, 0.1) is 28.2 Å². The van der Waals surface area contributed by atoms with Gasteiger partial charge in [0.2, 0.25) is 0 Å². The fourth-order valence-corrected chi connectivity index (χ4v) is 5.17. The van der Waals surface area contributed by atoms with Crippen LogP contribution in [0.3, 0.4) is 0 Å². The lowest BCUT2D eigenvalue weighted by Crippen LogP contribution is -2.22. The van der Waals surface area contributed by atoms with Crippen LogP contribution in [0.4, 0.5) is 13.2 Å². The smallest absolute Gasteiger partial charge is 0.406 e. The molecule has 2 aromatic heterocycles. The van der Waals surface area contributed by atoms with E-state index in [0.29, 0.717) is 39.3 Å². The Balaban J connectivity index is 1.68. The van der Waals surface area contributed by atoms with Crippen molar-refractivity contribution in [3.8, 4) is 45.1 Å². The number of nitrogens with zero attached hydrogens (tertiary/aromatic N) is 6. The van der Waals surface area contributed by atoms with Crippen molar-refractivity contribution >= 4 is 15.7 Å². The Morgan fingerprint density at radius 2 is 1.58 bits per heavy atom. The highest BCUT2D eigenvalue weighted by Gasteiger charge is 2.31. The summed E-state index contributed by atoms with van der Waals surface area (Å²) in [5, 5.41) is 12.7. The number of halogens is 3. The predicted molar refractivity (Wildman–Crippen MR) is 152 cm³/mol. The van der Waals surface area contributed by atoms with Crippen molar-refractivity contribution < 1.29 is 31.1 Å². The van der Waals surface area contributed by atoms with E-state index in [2.05, 4.69) is 20.1 Å². The Hall–Kier alpha value is -4.98. The molecule has 0 spiro atoms. The van der Waals surface area contributed by atoms with E-state index < -0.39 is 16.2 Å². The SMILES string of the molecule is CN(C)C(=O)c1cc(-c2ccc(-c3cccc(S(C)(=O)=O)c3)cc2-n2nncc2-c2ccc(OC(F)(F)F)cc2)n(C)n1. The highest BCUT2D eigenvalue weighted by Crippen LogP contribution is 2.35. The van der Waals surface area contributed by atoms with Crippen LogP contribution in [0, 0.1) is 0 Å². The van der Waals surface area contributed by atoms with Crippen LogP contribution < -0.4 is 4.74 Å². The van der Waals surface area contributed by atoms with Gasteiger partial charge in [0.15, 0.2) is 15.5 Å². The van der Waals surface area contributed by atoms with Crippen molar-refractivity contribution in [3.63, 3.8) is 0 Å². The minimum Gasteiger partial charge on any atom is -0.406 e. The zero-order valence-electron chi connectivity index (χ0n) is 23.4. The first-order valence-electron chi connectivity index (χ1n) is 12.7.